The van der Waals surface area contributed by atoms with Gasteiger partial charge >= 0.3 is 0 Å². The van der Waals surface area contributed by atoms with E-state index in [2.05, 4.69) is 20.2 Å². The number of nitro benzene ring substituents is 1. The molecule has 186 valence electrons. The number of hydrogen-bond acceptors (Lipinski definition) is 7. The van der Waals surface area contributed by atoms with E-state index in [1.165, 1.54) is 18.3 Å². The van der Waals surface area contributed by atoms with Gasteiger partial charge in [0.1, 0.15) is 11.5 Å². The number of halogens is 2. The highest BCUT2D eigenvalue weighted by atomic mass is 35.5. The summed E-state index contributed by atoms with van der Waals surface area (Å²) in [5, 5.41) is 15.9. The van der Waals surface area contributed by atoms with Gasteiger partial charge in [-0.05, 0) is 38.7 Å². The molecule has 0 radical (unpaired) electrons. The number of anilines is 3. The van der Waals surface area contributed by atoms with Crippen molar-refractivity contribution in [2.24, 2.45) is 7.05 Å². The lowest BCUT2D eigenvalue weighted by atomic mass is 10.1. The van der Waals surface area contributed by atoms with Crippen molar-refractivity contribution in [3.63, 3.8) is 0 Å². The summed E-state index contributed by atoms with van der Waals surface area (Å²) in [7, 11) is 5.79. The van der Waals surface area contributed by atoms with Crippen molar-refractivity contribution in [1.82, 2.24) is 19.4 Å². The number of fused-ring (bicyclic) bond motifs is 1. The van der Waals surface area contributed by atoms with Crippen molar-refractivity contribution in [2.45, 2.75) is 12.5 Å². The van der Waals surface area contributed by atoms with Crippen molar-refractivity contribution in [3.05, 3.63) is 69.7 Å². The second kappa shape index (κ2) is 9.36. The van der Waals surface area contributed by atoms with Gasteiger partial charge in [-0.2, -0.15) is 0 Å². The van der Waals surface area contributed by atoms with Crippen LogP contribution in [0.3, 0.4) is 0 Å². The van der Waals surface area contributed by atoms with Gasteiger partial charge < -0.3 is 19.7 Å². The zero-order valence-electron chi connectivity index (χ0n) is 20.1. The average Bonchev–Trinajstić information content (AvgIpc) is 3.46. The van der Waals surface area contributed by atoms with E-state index < -0.39 is 0 Å². The number of para-hydroxylation sites is 1. The third-order valence-corrected chi connectivity index (χ3v) is 6.89. The molecular weight excluding hydrogens is 485 g/mol. The summed E-state index contributed by atoms with van der Waals surface area (Å²) in [5.74, 6) is -0.120. The molecule has 5 rings (SSSR count). The molecule has 4 aromatic rings. The number of benzene rings is 2. The SMILES string of the molecule is CN(C)C1CCN(c2ccc(Nc3ncc(Cl)c(-c4cn(C)c5c(F)cccc45)n3)cc2[N+](=O)[O-])C1. The fourth-order valence-corrected chi connectivity index (χ4v) is 4.94. The Labute approximate surface area is 212 Å². The number of likely N-dealkylation sites (N-methyl/N-ethyl adjacent to an activating group) is 1. The van der Waals surface area contributed by atoms with Gasteiger partial charge in [0, 0.05) is 55.1 Å². The van der Waals surface area contributed by atoms with Crippen LogP contribution >= 0.6 is 11.6 Å². The van der Waals surface area contributed by atoms with E-state index in [1.54, 1.807) is 42.1 Å². The molecule has 1 saturated heterocycles. The maximum Gasteiger partial charge on any atom is 0.294 e. The molecule has 9 nitrogen and oxygen atoms in total. The maximum absolute atomic E-state index is 14.4. The second-order valence-corrected chi connectivity index (χ2v) is 9.52. The van der Waals surface area contributed by atoms with Crippen LogP contribution in [0.25, 0.3) is 22.2 Å². The Morgan fingerprint density at radius 2 is 2.08 bits per heavy atom. The maximum atomic E-state index is 14.4. The Morgan fingerprint density at radius 3 is 2.81 bits per heavy atom. The number of aromatic nitrogens is 3. The molecule has 2 aromatic heterocycles. The smallest absolute Gasteiger partial charge is 0.294 e. The Morgan fingerprint density at radius 1 is 1.28 bits per heavy atom. The molecule has 1 N–H and O–H groups in total. The molecule has 1 aliphatic rings. The summed E-state index contributed by atoms with van der Waals surface area (Å²) >= 11 is 6.42. The van der Waals surface area contributed by atoms with Gasteiger partial charge in [0.25, 0.3) is 5.69 Å². The molecule has 0 amide bonds. The number of hydrogen-bond donors (Lipinski definition) is 1. The molecule has 1 aliphatic heterocycles. The molecular formula is C25H25ClFN7O2. The molecule has 36 heavy (non-hydrogen) atoms. The highest BCUT2D eigenvalue weighted by Gasteiger charge is 2.29. The summed E-state index contributed by atoms with van der Waals surface area (Å²) in [4.78, 5) is 24.5. The fraction of sp³-hybridized carbons (Fsp3) is 0.280. The van der Waals surface area contributed by atoms with Crippen LogP contribution < -0.4 is 10.2 Å². The second-order valence-electron chi connectivity index (χ2n) is 9.12. The first-order valence-corrected chi connectivity index (χ1v) is 11.8. The topological polar surface area (TPSA) is 92.4 Å². The third-order valence-electron chi connectivity index (χ3n) is 6.61. The molecule has 1 atom stereocenters. The highest BCUT2D eigenvalue weighted by molar-refractivity contribution is 6.33. The van der Waals surface area contributed by atoms with Crippen LogP contribution in [0.15, 0.2) is 48.8 Å². The van der Waals surface area contributed by atoms with Crippen molar-refractivity contribution in [1.29, 1.82) is 0 Å². The first-order valence-electron chi connectivity index (χ1n) is 11.5. The van der Waals surface area contributed by atoms with E-state index >= 15 is 0 Å². The minimum atomic E-state index is -0.373. The average molecular weight is 510 g/mol. The van der Waals surface area contributed by atoms with Crippen LogP contribution in [-0.2, 0) is 7.05 Å². The molecule has 0 spiro atoms. The van der Waals surface area contributed by atoms with Crippen molar-refractivity contribution in [3.8, 4) is 11.3 Å². The van der Waals surface area contributed by atoms with E-state index in [0.717, 1.165) is 19.5 Å². The quantitative estimate of drug-likeness (QED) is 0.281. The molecule has 11 heteroatoms. The van der Waals surface area contributed by atoms with E-state index in [1.807, 2.05) is 19.0 Å². The molecule has 0 bridgehead atoms. The zero-order chi connectivity index (χ0) is 25.6. The van der Waals surface area contributed by atoms with Gasteiger partial charge in [-0.15, -0.1) is 0 Å². The number of rotatable bonds is 6. The largest absolute Gasteiger partial charge is 0.364 e. The molecule has 1 fully saturated rings. The lowest BCUT2D eigenvalue weighted by molar-refractivity contribution is -0.384. The van der Waals surface area contributed by atoms with E-state index in [4.69, 9.17) is 11.6 Å². The third kappa shape index (κ3) is 4.33. The zero-order valence-corrected chi connectivity index (χ0v) is 20.8. The Bertz CT molecular complexity index is 1470. The number of aryl methyl sites for hydroxylation is 1. The minimum Gasteiger partial charge on any atom is -0.364 e. The number of nitrogens with zero attached hydrogens (tertiary/aromatic N) is 6. The monoisotopic (exact) mass is 509 g/mol. The van der Waals surface area contributed by atoms with Crippen LogP contribution in [0.5, 0.6) is 0 Å². The van der Waals surface area contributed by atoms with Gasteiger partial charge in [-0.1, -0.05) is 23.7 Å². The minimum absolute atomic E-state index is 0.0121. The van der Waals surface area contributed by atoms with Crippen LogP contribution in [0, 0.1) is 15.9 Å². The van der Waals surface area contributed by atoms with E-state index in [9.17, 15) is 14.5 Å². The van der Waals surface area contributed by atoms with Gasteiger partial charge in [-0.25, -0.2) is 14.4 Å². The Hall–Kier alpha value is -3.76. The summed E-state index contributed by atoms with van der Waals surface area (Å²) in [6, 6.07) is 10.2. The van der Waals surface area contributed by atoms with Crippen LogP contribution in [0.1, 0.15) is 6.42 Å². The fourth-order valence-electron chi connectivity index (χ4n) is 4.75. The Balaban J connectivity index is 1.47. The van der Waals surface area contributed by atoms with Crippen LogP contribution in [0.2, 0.25) is 5.02 Å². The van der Waals surface area contributed by atoms with Gasteiger partial charge in [-0.3, -0.25) is 10.1 Å². The highest BCUT2D eigenvalue weighted by Crippen LogP contribution is 2.36. The molecule has 0 saturated carbocycles. The number of nitro groups is 1. The summed E-state index contributed by atoms with van der Waals surface area (Å²) in [6.45, 7) is 1.49. The van der Waals surface area contributed by atoms with Crippen molar-refractivity contribution < 1.29 is 9.31 Å². The lowest BCUT2D eigenvalue weighted by Gasteiger charge is -2.22. The van der Waals surface area contributed by atoms with Gasteiger partial charge in [0.15, 0.2) is 0 Å². The molecule has 3 heterocycles. The standard InChI is InChI=1S/C25H25ClFN7O2/c1-31(2)16-9-10-33(13-16)21-8-7-15(11-22(21)34(35)36)29-25-28-12-19(26)23(30-25)18-14-32(3)24-17(18)5-4-6-20(24)27/h4-8,11-12,14,16H,9-10,13H2,1-3H3,(H,28,29,30). The summed E-state index contributed by atoms with van der Waals surface area (Å²) in [5.41, 5.74) is 2.62. The molecule has 1 unspecified atom stereocenters. The summed E-state index contributed by atoms with van der Waals surface area (Å²) < 4.78 is 16.1. The first kappa shape index (κ1) is 24.0. The predicted octanol–water partition coefficient (Wildman–Crippen LogP) is 5.22. The number of nitrogens with one attached hydrogen (secondary N) is 1. The van der Waals surface area contributed by atoms with E-state index in [-0.39, 0.29) is 22.4 Å². The predicted molar refractivity (Wildman–Crippen MR) is 140 cm³/mol. The van der Waals surface area contributed by atoms with Crippen molar-refractivity contribution in [2.75, 3.05) is 37.4 Å². The van der Waals surface area contributed by atoms with Crippen molar-refractivity contribution >= 4 is 45.5 Å². The first-order chi connectivity index (χ1) is 17.2. The summed E-state index contributed by atoms with van der Waals surface area (Å²) in [6.07, 6.45) is 4.17. The molecule has 2 aromatic carbocycles. The Kier molecular flexibility index (Phi) is 6.23. The van der Waals surface area contributed by atoms with Gasteiger partial charge in [0.05, 0.1) is 27.4 Å². The van der Waals surface area contributed by atoms with E-state index in [0.29, 0.717) is 44.6 Å². The lowest BCUT2D eigenvalue weighted by Crippen LogP contribution is -2.31. The normalized spacial score (nSPS) is 15.7. The van der Waals surface area contributed by atoms with Crippen LogP contribution in [0.4, 0.5) is 27.4 Å². The molecule has 0 aliphatic carbocycles. The van der Waals surface area contributed by atoms with Gasteiger partial charge in [0.2, 0.25) is 5.95 Å². The van der Waals surface area contributed by atoms with Crippen LogP contribution in [-0.4, -0.2) is 57.6 Å².